The summed E-state index contributed by atoms with van der Waals surface area (Å²) in [6, 6.07) is 8.06. The summed E-state index contributed by atoms with van der Waals surface area (Å²) < 4.78 is 5.31. The lowest BCUT2D eigenvalue weighted by atomic mass is 9.78. The van der Waals surface area contributed by atoms with Gasteiger partial charge in [0, 0.05) is 10.9 Å². The number of rotatable bonds is 6. The molecule has 1 heterocycles. The van der Waals surface area contributed by atoms with Crippen molar-refractivity contribution >= 4 is 34.2 Å². The van der Waals surface area contributed by atoms with E-state index < -0.39 is 23.8 Å². The number of hydrogen-bond donors (Lipinski definition) is 2. The summed E-state index contributed by atoms with van der Waals surface area (Å²) in [6.07, 6.45) is 2.54. The van der Waals surface area contributed by atoms with Gasteiger partial charge in [-0.2, -0.15) is 0 Å². The number of thiophene rings is 1. The lowest BCUT2D eigenvalue weighted by Crippen LogP contribution is -2.37. The predicted molar refractivity (Wildman–Crippen MR) is 128 cm³/mol. The largest absolute Gasteiger partial charge is 0.481 e. The van der Waals surface area contributed by atoms with Crippen molar-refractivity contribution in [3.8, 4) is 11.1 Å². The van der Waals surface area contributed by atoms with Crippen molar-refractivity contribution in [1.82, 2.24) is 0 Å². The Hall–Kier alpha value is -2.67. The average molecular weight is 470 g/mol. The maximum absolute atomic E-state index is 13.2. The molecule has 2 bridgehead atoms. The Morgan fingerprint density at radius 2 is 1.73 bits per heavy atom. The molecule has 2 saturated carbocycles. The summed E-state index contributed by atoms with van der Waals surface area (Å²) in [5.41, 5.74) is 3.10. The van der Waals surface area contributed by atoms with E-state index in [9.17, 15) is 19.5 Å². The highest BCUT2D eigenvalue weighted by molar-refractivity contribution is 7.15. The monoisotopic (exact) mass is 469 g/mol. The number of carboxylic acids is 1. The minimum atomic E-state index is -0.904. The zero-order chi connectivity index (χ0) is 23.9. The van der Waals surface area contributed by atoms with Crippen LogP contribution in [-0.4, -0.2) is 29.6 Å². The van der Waals surface area contributed by atoms with Crippen LogP contribution in [0.25, 0.3) is 11.1 Å². The van der Waals surface area contributed by atoms with Gasteiger partial charge in [0.2, 0.25) is 5.91 Å². The number of carbonyl (C=O) groups is 3. The Morgan fingerprint density at radius 3 is 2.30 bits per heavy atom. The van der Waals surface area contributed by atoms with Gasteiger partial charge in [0.1, 0.15) is 10.6 Å². The molecule has 4 atom stereocenters. The third-order valence-electron chi connectivity index (χ3n) is 7.07. The van der Waals surface area contributed by atoms with E-state index in [4.69, 9.17) is 4.74 Å². The Labute approximate surface area is 198 Å². The molecule has 33 heavy (non-hydrogen) atoms. The molecular weight excluding hydrogens is 438 g/mol. The van der Waals surface area contributed by atoms with Crippen LogP contribution < -0.4 is 5.32 Å². The lowest BCUT2D eigenvalue weighted by Gasteiger charge is -2.27. The number of ether oxygens (including phenoxy) is 1. The molecular formula is C26H31NO5S. The van der Waals surface area contributed by atoms with Crippen molar-refractivity contribution in [3.63, 3.8) is 0 Å². The fourth-order valence-electron chi connectivity index (χ4n) is 5.44. The van der Waals surface area contributed by atoms with E-state index in [1.807, 2.05) is 29.6 Å². The fourth-order valence-corrected chi connectivity index (χ4v) is 6.40. The fraction of sp³-hybridized carbons (Fsp3) is 0.500. The van der Waals surface area contributed by atoms with E-state index in [0.717, 1.165) is 24.8 Å². The number of anilines is 1. The van der Waals surface area contributed by atoms with Crippen LogP contribution in [-0.2, 0) is 19.7 Å². The SMILES string of the molecule is CCOC(=O)c1c(-c2ccc(C(C)(C)C)cc2)csc1NC(=O)[C@@H]1[C@@H]2CC[C@@H](C2)[C@@H]1C(=O)O. The second-order valence-electron chi connectivity index (χ2n) is 10.1. The molecule has 0 radical (unpaired) electrons. The van der Waals surface area contributed by atoms with Crippen molar-refractivity contribution in [2.24, 2.45) is 23.7 Å². The van der Waals surface area contributed by atoms with Crippen LogP contribution in [0.1, 0.15) is 62.9 Å². The molecule has 1 aromatic heterocycles. The third kappa shape index (κ3) is 4.43. The van der Waals surface area contributed by atoms with Gasteiger partial charge in [-0.15, -0.1) is 11.3 Å². The molecule has 6 nitrogen and oxygen atoms in total. The Balaban J connectivity index is 1.65. The first-order valence-corrected chi connectivity index (χ1v) is 12.4. The number of carboxylic acid groups (broad SMARTS) is 1. The van der Waals surface area contributed by atoms with E-state index in [-0.39, 0.29) is 29.8 Å². The Morgan fingerprint density at radius 1 is 1.09 bits per heavy atom. The average Bonchev–Trinajstić information content (AvgIpc) is 3.47. The quantitative estimate of drug-likeness (QED) is 0.539. The predicted octanol–water partition coefficient (Wildman–Crippen LogP) is 5.57. The van der Waals surface area contributed by atoms with Crippen LogP contribution in [0.4, 0.5) is 5.00 Å². The second-order valence-corrected chi connectivity index (χ2v) is 11.0. The van der Waals surface area contributed by atoms with E-state index in [1.165, 1.54) is 16.9 Å². The smallest absolute Gasteiger partial charge is 0.341 e. The van der Waals surface area contributed by atoms with Gasteiger partial charge >= 0.3 is 11.9 Å². The number of nitrogens with one attached hydrogen (secondary N) is 1. The summed E-state index contributed by atoms with van der Waals surface area (Å²) in [6.45, 7) is 8.39. The van der Waals surface area contributed by atoms with Crippen LogP contribution in [0, 0.1) is 23.7 Å². The van der Waals surface area contributed by atoms with Crippen LogP contribution in [0.15, 0.2) is 29.6 Å². The van der Waals surface area contributed by atoms with Gasteiger partial charge in [-0.3, -0.25) is 9.59 Å². The van der Waals surface area contributed by atoms with Crippen LogP contribution in [0.2, 0.25) is 0 Å². The van der Waals surface area contributed by atoms with Crippen molar-refractivity contribution in [2.75, 3.05) is 11.9 Å². The normalized spacial score (nSPS) is 24.0. The minimum absolute atomic E-state index is 0.0115. The molecule has 0 saturated heterocycles. The Bertz CT molecular complexity index is 1070. The molecule has 4 rings (SSSR count). The molecule has 2 aliphatic rings. The molecule has 2 fully saturated rings. The number of benzene rings is 1. The van der Waals surface area contributed by atoms with Gasteiger partial charge in [0.15, 0.2) is 0 Å². The van der Waals surface area contributed by atoms with Gasteiger partial charge < -0.3 is 15.2 Å². The molecule has 0 aliphatic heterocycles. The third-order valence-corrected chi connectivity index (χ3v) is 7.97. The molecule has 176 valence electrons. The van der Waals surface area contributed by atoms with Gasteiger partial charge in [-0.05, 0) is 54.6 Å². The highest BCUT2D eigenvalue weighted by atomic mass is 32.1. The maximum atomic E-state index is 13.2. The number of carbonyl (C=O) groups excluding carboxylic acids is 2. The number of amides is 1. The maximum Gasteiger partial charge on any atom is 0.341 e. The summed E-state index contributed by atoms with van der Waals surface area (Å²) in [5, 5.41) is 14.9. The van der Waals surface area contributed by atoms with Crippen molar-refractivity contribution < 1.29 is 24.2 Å². The van der Waals surface area contributed by atoms with Gasteiger partial charge in [0.25, 0.3) is 0 Å². The topological polar surface area (TPSA) is 92.7 Å². The highest BCUT2D eigenvalue weighted by Crippen LogP contribution is 2.53. The van der Waals surface area contributed by atoms with E-state index in [0.29, 0.717) is 16.1 Å². The van der Waals surface area contributed by atoms with Gasteiger partial charge in [-0.25, -0.2) is 4.79 Å². The molecule has 1 amide bonds. The first kappa shape index (κ1) is 23.5. The summed E-state index contributed by atoms with van der Waals surface area (Å²) in [4.78, 5) is 38.0. The lowest BCUT2D eigenvalue weighted by molar-refractivity contribution is -0.148. The summed E-state index contributed by atoms with van der Waals surface area (Å²) >= 11 is 1.27. The molecule has 2 N–H and O–H groups in total. The standard InChI is InChI=1S/C26H31NO5S/c1-5-32-25(31)21-18(14-8-10-17(11-9-14)26(2,3)4)13-33-23(21)27-22(28)19-15-6-7-16(12-15)20(19)24(29)30/h8-11,13,15-16,19-20H,5-7,12H2,1-4H3,(H,27,28)(H,29,30)/t15-,16+,19-,20+/m1/s1. The zero-order valence-electron chi connectivity index (χ0n) is 19.5. The molecule has 2 aromatic rings. The van der Waals surface area contributed by atoms with Gasteiger partial charge in [0.05, 0.1) is 18.4 Å². The molecule has 2 aliphatic carbocycles. The van der Waals surface area contributed by atoms with Crippen LogP contribution in [0.5, 0.6) is 0 Å². The van der Waals surface area contributed by atoms with E-state index >= 15 is 0 Å². The summed E-state index contributed by atoms with van der Waals surface area (Å²) in [7, 11) is 0. The first-order valence-electron chi connectivity index (χ1n) is 11.5. The number of fused-ring (bicyclic) bond motifs is 2. The van der Waals surface area contributed by atoms with Gasteiger partial charge in [-0.1, -0.05) is 45.0 Å². The van der Waals surface area contributed by atoms with Crippen LogP contribution >= 0.6 is 11.3 Å². The van der Waals surface area contributed by atoms with Crippen molar-refractivity contribution in [2.45, 2.75) is 52.4 Å². The number of hydrogen-bond acceptors (Lipinski definition) is 5. The van der Waals surface area contributed by atoms with E-state index in [1.54, 1.807) is 6.92 Å². The molecule has 7 heteroatoms. The van der Waals surface area contributed by atoms with Crippen molar-refractivity contribution in [3.05, 3.63) is 40.8 Å². The molecule has 0 spiro atoms. The van der Waals surface area contributed by atoms with Crippen molar-refractivity contribution in [1.29, 1.82) is 0 Å². The van der Waals surface area contributed by atoms with E-state index in [2.05, 4.69) is 26.1 Å². The molecule has 0 unspecified atom stereocenters. The number of aliphatic carboxylic acids is 1. The summed E-state index contributed by atoms with van der Waals surface area (Å²) in [5.74, 6) is -2.77. The minimum Gasteiger partial charge on any atom is -0.481 e. The number of esters is 1. The molecule has 1 aromatic carbocycles. The first-order chi connectivity index (χ1) is 15.6. The van der Waals surface area contributed by atoms with Crippen LogP contribution in [0.3, 0.4) is 0 Å². The zero-order valence-corrected chi connectivity index (χ0v) is 20.3. The second kappa shape index (κ2) is 8.93. The highest BCUT2D eigenvalue weighted by Gasteiger charge is 2.54. The Kier molecular flexibility index (Phi) is 6.36.